The van der Waals surface area contributed by atoms with E-state index in [1.807, 2.05) is 24.3 Å². The lowest BCUT2D eigenvalue weighted by atomic mass is 9.69. The van der Waals surface area contributed by atoms with Crippen LogP contribution in [0, 0.1) is 0 Å². The molecule has 4 heteroatoms. The van der Waals surface area contributed by atoms with Gasteiger partial charge in [-0.1, -0.05) is 37.2 Å². The maximum absolute atomic E-state index is 13.1. The molecule has 0 aromatic heterocycles. The Hall–Kier alpha value is -1.32. The average Bonchev–Trinajstić information content (AvgIpc) is 2.78. The maximum Gasteiger partial charge on any atom is 0.283 e. The average molecular weight is 234 g/mol. The summed E-state index contributed by atoms with van der Waals surface area (Å²) in [5, 5.41) is 2.84. The Labute approximate surface area is 101 Å². The fraction of sp³-hybridized carbons (Fsp3) is 0.385. The SMILES string of the molecule is CCc1ccc(C2[B]C=C(C(C)(F)F)N2)cc1. The molecule has 1 heterocycles. The monoisotopic (exact) mass is 234 g/mol. The third kappa shape index (κ3) is 2.68. The van der Waals surface area contributed by atoms with Gasteiger partial charge < -0.3 is 5.32 Å². The molecule has 1 aromatic carbocycles. The van der Waals surface area contributed by atoms with Crippen LogP contribution in [0.2, 0.25) is 0 Å². The van der Waals surface area contributed by atoms with Crippen molar-refractivity contribution in [2.75, 3.05) is 0 Å². The quantitative estimate of drug-likeness (QED) is 0.792. The van der Waals surface area contributed by atoms with Crippen LogP contribution in [0.5, 0.6) is 0 Å². The first kappa shape index (κ1) is 12.2. The summed E-state index contributed by atoms with van der Waals surface area (Å²) in [6.07, 6.45) is 0.985. The van der Waals surface area contributed by atoms with Crippen LogP contribution in [0.3, 0.4) is 0 Å². The fourth-order valence-corrected chi connectivity index (χ4v) is 1.88. The highest BCUT2D eigenvalue weighted by atomic mass is 19.3. The Morgan fingerprint density at radius 1 is 1.29 bits per heavy atom. The topological polar surface area (TPSA) is 12.0 Å². The van der Waals surface area contributed by atoms with Gasteiger partial charge in [0.2, 0.25) is 0 Å². The molecule has 2 rings (SSSR count). The summed E-state index contributed by atoms with van der Waals surface area (Å²) >= 11 is 0. The van der Waals surface area contributed by atoms with E-state index in [0.717, 1.165) is 18.9 Å². The largest absolute Gasteiger partial charge is 0.385 e. The van der Waals surface area contributed by atoms with Gasteiger partial charge in [-0.05, 0) is 17.5 Å². The van der Waals surface area contributed by atoms with E-state index in [0.29, 0.717) is 0 Å². The molecule has 1 aliphatic rings. The minimum absolute atomic E-state index is 0.0120. The van der Waals surface area contributed by atoms with E-state index in [1.165, 1.54) is 11.5 Å². The van der Waals surface area contributed by atoms with Crippen LogP contribution in [0.4, 0.5) is 8.78 Å². The van der Waals surface area contributed by atoms with Crippen molar-refractivity contribution in [1.82, 2.24) is 5.32 Å². The van der Waals surface area contributed by atoms with Crippen molar-refractivity contribution in [3.05, 3.63) is 47.1 Å². The molecule has 1 N–H and O–H groups in total. The van der Waals surface area contributed by atoms with E-state index in [-0.39, 0.29) is 11.6 Å². The first-order chi connectivity index (χ1) is 8.00. The zero-order chi connectivity index (χ0) is 12.5. The second kappa shape index (κ2) is 4.51. The highest BCUT2D eigenvalue weighted by Crippen LogP contribution is 2.28. The molecule has 0 saturated carbocycles. The van der Waals surface area contributed by atoms with Crippen LogP contribution >= 0.6 is 0 Å². The van der Waals surface area contributed by atoms with Gasteiger partial charge in [-0.25, -0.2) is 8.78 Å². The molecule has 1 aliphatic heterocycles. The van der Waals surface area contributed by atoms with E-state index < -0.39 is 5.92 Å². The Bertz CT molecular complexity index is 420. The van der Waals surface area contributed by atoms with E-state index in [4.69, 9.17) is 0 Å². The van der Waals surface area contributed by atoms with Gasteiger partial charge in [0.1, 0.15) is 0 Å². The number of halogens is 2. The summed E-state index contributed by atoms with van der Waals surface area (Å²) in [4.78, 5) is 0. The maximum atomic E-state index is 13.1. The second-order valence-electron chi connectivity index (χ2n) is 4.38. The highest BCUT2D eigenvalue weighted by molar-refractivity contribution is 6.45. The van der Waals surface area contributed by atoms with Crippen LogP contribution in [-0.4, -0.2) is 13.2 Å². The summed E-state index contributed by atoms with van der Waals surface area (Å²) in [6, 6.07) is 8.04. The fourth-order valence-electron chi connectivity index (χ4n) is 1.88. The van der Waals surface area contributed by atoms with E-state index in [1.54, 1.807) is 7.28 Å². The second-order valence-corrected chi connectivity index (χ2v) is 4.38. The van der Waals surface area contributed by atoms with Gasteiger partial charge >= 0.3 is 0 Å². The van der Waals surface area contributed by atoms with Gasteiger partial charge in [0.15, 0.2) is 7.28 Å². The van der Waals surface area contributed by atoms with E-state index >= 15 is 0 Å². The minimum atomic E-state index is -2.80. The van der Waals surface area contributed by atoms with Gasteiger partial charge in [-0.15, -0.1) is 0 Å². The first-order valence-corrected chi connectivity index (χ1v) is 5.79. The van der Waals surface area contributed by atoms with Gasteiger partial charge in [-0.3, -0.25) is 0 Å². The molecule has 0 aliphatic carbocycles. The summed E-state index contributed by atoms with van der Waals surface area (Å²) in [5.74, 6) is -1.46. The molecule has 0 fully saturated rings. The van der Waals surface area contributed by atoms with Crippen molar-refractivity contribution in [3.63, 3.8) is 0 Å². The zero-order valence-corrected chi connectivity index (χ0v) is 10.0. The molecule has 0 amide bonds. The lowest BCUT2D eigenvalue weighted by Gasteiger charge is -2.18. The molecule has 1 aromatic rings. The van der Waals surface area contributed by atoms with Crippen LogP contribution in [0.15, 0.2) is 35.9 Å². The third-order valence-corrected chi connectivity index (χ3v) is 2.99. The predicted molar refractivity (Wildman–Crippen MR) is 66.2 cm³/mol. The predicted octanol–water partition coefficient (Wildman–Crippen LogP) is 3.05. The Morgan fingerprint density at radius 2 is 1.94 bits per heavy atom. The summed E-state index contributed by atoms with van der Waals surface area (Å²) < 4.78 is 26.2. The van der Waals surface area contributed by atoms with Crippen molar-refractivity contribution in [2.45, 2.75) is 32.1 Å². The van der Waals surface area contributed by atoms with Crippen LogP contribution in [-0.2, 0) is 6.42 Å². The van der Waals surface area contributed by atoms with Crippen LogP contribution < -0.4 is 5.32 Å². The number of alkyl halides is 2. The first-order valence-electron chi connectivity index (χ1n) is 5.79. The Morgan fingerprint density at radius 3 is 2.41 bits per heavy atom. The molecule has 1 unspecified atom stereocenters. The zero-order valence-electron chi connectivity index (χ0n) is 10.0. The normalized spacial score (nSPS) is 19.5. The molecular weight excluding hydrogens is 219 g/mol. The van der Waals surface area contributed by atoms with Gasteiger partial charge in [-0.2, -0.15) is 0 Å². The number of hydrogen-bond donors (Lipinski definition) is 1. The molecule has 17 heavy (non-hydrogen) atoms. The number of rotatable bonds is 3. The van der Waals surface area contributed by atoms with Crippen LogP contribution in [0.1, 0.15) is 30.9 Å². The van der Waals surface area contributed by atoms with Crippen molar-refractivity contribution < 1.29 is 8.78 Å². The molecule has 1 radical (unpaired) electrons. The molecule has 0 spiro atoms. The number of nitrogens with one attached hydrogen (secondary N) is 1. The Kier molecular flexibility index (Phi) is 3.23. The minimum Gasteiger partial charge on any atom is -0.385 e. The summed E-state index contributed by atoms with van der Waals surface area (Å²) in [7, 11) is 1.77. The van der Waals surface area contributed by atoms with Crippen molar-refractivity contribution in [1.29, 1.82) is 0 Å². The standard InChI is InChI=1S/C13H15BF2N/c1-3-9-4-6-10(7-5-9)12-14-8-11(17-12)13(2,15)16/h4-8,12,17H,3H2,1-2H3. The third-order valence-electron chi connectivity index (χ3n) is 2.99. The van der Waals surface area contributed by atoms with Gasteiger partial charge in [0.05, 0.1) is 5.70 Å². The number of aryl methyl sites for hydroxylation is 1. The van der Waals surface area contributed by atoms with Gasteiger partial charge in [0, 0.05) is 12.9 Å². The molecule has 0 bridgehead atoms. The molecule has 89 valence electrons. The highest BCUT2D eigenvalue weighted by Gasteiger charge is 2.33. The van der Waals surface area contributed by atoms with Crippen molar-refractivity contribution >= 4 is 7.28 Å². The molecule has 1 nitrogen and oxygen atoms in total. The number of benzene rings is 1. The Balaban J connectivity index is 2.07. The lowest BCUT2D eigenvalue weighted by molar-refractivity contribution is 0.0562. The smallest absolute Gasteiger partial charge is 0.283 e. The number of hydrogen-bond acceptors (Lipinski definition) is 1. The molecule has 0 saturated heterocycles. The van der Waals surface area contributed by atoms with Crippen molar-refractivity contribution in [3.8, 4) is 0 Å². The lowest BCUT2D eigenvalue weighted by Crippen LogP contribution is -2.26. The van der Waals surface area contributed by atoms with Crippen LogP contribution in [0.25, 0.3) is 0 Å². The molecule has 1 atom stereocenters. The summed E-state index contributed by atoms with van der Waals surface area (Å²) in [6.45, 7) is 2.99. The number of allylic oxidation sites excluding steroid dienone is 1. The summed E-state index contributed by atoms with van der Waals surface area (Å²) in [5.41, 5.74) is 2.25. The van der Waals surface area contributed by atoms with Gasteiger partial charge in [0.25, 0.3) is 5.92 Å². The molecular formula is C13H15BF2N. The van der Waals surface area contributed by atoms with Crippen molar-refractivity contribution in [2.24, 2.45) is 0 Å². The van der Waals surface area contributed by atoms with E-state index in [9.17, 15) is 8.78 Å². The van der Waals surface area contributed by atoms with E-state index in [2.05, 4.69) is 12.2 Å².